The SMILES string of the molecule is CC(C)(Cc1cccc2scnc12)C(=O)O. The van der Waals surface area contributed by atoms with Gasteiger partial charge in [-0.2, -0.15) is 0 Å². The van der Waals surface area contributed by atoms with Gasteiger partial charge < -0.3 is 5.11 Å². The molecule has 0 aliphatic heterocycles. The summed E-state index contributed by atoms with van der Waals surface area (Å²) in [6, 6.07) is 5.91. The molecule has 0 amide bonds. The van der Waals surface area contributed by atoms with E-state index in [9.17, 15) is 4.79 Å². The summed E-state index contributed by atoms with van der Waals surface area (Å²) >= 11 is 1.58. The average Bonchev–Trinajstić information content (AvgIpc) is 2.65. The molecule has 0 radical (unpaired) electrons. The summed E-state index contributed by atoms with van der Waals surface area (Å²) in [5.74, 6) is -0.778. The Bertz CT molecular complexity index is 531. The summed E-state index contributed by atoms with van der Waals surface area (Å²) in [7, 11) is 0. The Morgan fingerprint density at radius 3 is 2.94 bits per heavy atom. The first kappa shape index (κ1) is 11.1. The Morgan fingerprint density at radius 2 is 2.25 bits per heavy atom. The smallest absolute Gasteiger partial charge is 0.309 e. The lowest BCUT2D eigenvalue weighted by Crippen LogP contribution is -2.26. The second kappa shape index (κ2) is 3.87. The van der Waals surface area contributed by atoms with Gasteiger partial charge in [0.25, 0.3) is 0 Å². The van der Waals surface area contributed by atoms with Crippen molar-refractivity contribution >= 4 is 27.5 Å². The Kier molecular flexibility index (Phi) is 2.68. The number of hydrogen-bond donors (Lipinski definition) is 1. The number of para-hydroxylation sites is 1. The van der Waals surface area contributed by atoms with Gasteiger partial charge in [0.2, 0.25) is 0 Å². The summed E-state index contributed by atoms with van der Waals surface area (Å²) < 4.78 is 1.11. The van der Waals surface area contributed by atoms with E-state index in [2.05, 4.69) is 4.98 Å². The van der Waals surface area contributed by atoms with Crippen LogP contribution in [0.15, 0.2) is 23.7 Å². The highest BCUT2D eigenvalue weighted by molar-refractivity contribution is 7.16. The first-order chi connectivity index (χ1) is 7.50. The number of aromatic nitrogens is 1. The molecule has 84 valence electrons. The van der Waals surface area contributed by atoms with Gasteiger partial charge >= 0.3 is 5.97 Å². The van der Waals surface area contributed by atoms with E-state index in [-0.39, 0.29) is 0 Å². The number of aliphatic carboxylic acids is 1. The molecule has 1 N–H and O–H groups in total. The maximum Gasteiger partial charge on any atom is 0.309 e. The molecule has 1 heterocycles. The number of thiazole rings is 1. The van der Waals surface area contributed by atoms with E-state index < -0.39 is 11.4 Å². The molecular weight excluding hydrogens is 222 g/mol. The highest BCUT2D eigenvalue weighted by Gasteiger charge is 2.28. The number of nitrogens with zero attached hydrogens (tertiary/aromatic N) is 1. The quantitative estimate of drug-likeness (QED) is 0.889. The van der Waals surface area contributed by atoms with Crippen molar-refractivity contribution in [3.63, 3.8) is 0 Å². The van der Waals surface area contributed by atoms with Crippen LogP contribution in [0.1, 0.15) is 19.4 Å². The number of benzene rings is 1. The van der Waals surface area contributed by atoms with Gasteiger partial charge in [0.15, 0.2) is 0 Å². The summed E-state index contributed by atoms with van der Waals surface area (Å²) in [6.07, 6.45) is 0.503. The van der Waals surface area contributed by atoms with Gasteiger partial charge in [-0.3, -0.25) is 4.79 Å². The van der Waals surface area contributed by atoms with Crippen molar-refractivity contribution in [3.05, 3.63) is 29.3 Å². The highest BCUT2D eigenvalue weighted by Crippen LogP contribution is 2.28. The van der Waals surface area contributed by atoms with Gasteiger partial charge in [-0.05, 0) is 31.9 Å². The first-order valence-corrected chi connectivity index (χ1v) is 5.93. The molecule has 1 aromatic heterocycles. The lowest BCUT2D eigenvalue weighted by molar-refractivity contribution is -0.146. The van der Waals surface area contributed by atoms with Crippen molar-refractivity contribution in [2.45, 2.75) is 20.3 Å². The van der Waals surface area contributed by atoms with Crippen LogP contribution in [-0.4, -0.2) is 16.1 Å². The summed E-state index contributed by atoms with van der Waals surface area (Å²) in [5, 5.41) is 9.11. The van der Waals surface area contributed by atoms with Crippen molar-refractivity contribution in [3.8, 4) is 0 Å². The lowest BCUT2D eigenvalue weighted by atomic mass is 9.85. The zero-order valence-electron chi connectivity index (χ0n) is 9.23. The van der Waals surface area contributed by atoms with Crippen LogP contribution >= 0.6 is 11.3 Å². The van der Waals surface area contributed by atoms with Crippen LogP contribution in [0, 0.1) is 5.41 Å². The molecule has 0 aliphatic carbocycles. The van der Waals surface area contributed by atoms with Crippen molar-refractivity contribution in [2.24, 2.45) is 5.41 Å². The van der Waals surface area contributed by atoms with Crippen molar-refractivity contribution in [2.75, 3.05) is 0 Å². The predicted octanol–water partition coefficient (Wildman–Crippen LogP) is 2.95. The molecule has 1 aromatic carbocycles. The van der Waals surface area contributed by atoms with E-state index in [1.807, 2.05) is 18.2 Å². The minimum absolute atomic E-state index is 0.503. The van der Waals surface area contributed by atoms with Crippen LogP contribution in [0.4, 0.5) is 0 Å². The number of fused-ring (bicyclic) bond motifs is 1. The summed E-state index contributed by atoms with van der Waals surface area (Å²) in [6.45, 7) is 3.47. The Labute approximate surface area is 97.8 Å². The topological polar surface area (TPSA) is 50.2 Å². The lowest BCUT2D eigenvalue weighted by Gasteiger charge is -2.19. The van der Waals surface area contributed by atoms with Crippen LogP contribution < -0.4 is 0 Å². The largest absolute Gasteiger partial charge is 0.481 e. The van der Waals surface area contributed by atoms with Gasteiger partial charge in [0.05, 0.1) is 21.1 Å². The van der Waals surface area contributed by atoms with Crippen LogP contribution in [-0.2, 0) is 11.2 Å². The van der Waals surface area contributed by atoms with Crippen LogP contribution in [0.2, 0.25) is 0 Å². The van der Waals surface area contributed by atoms with E-state index >= 15 is 0 Å². The van der Waals surface area contributed by atoms with Gasteiger partial charge in [-0.25, -0.2) is 4.98 Å². The molecule has 0 spiro atoms. The maximum absolute atomic E-state index is 11.1. The molecule has 3 nitrogen and oxygen atoms in total. The predicted molar refractivity (Wildman–Crippen MR) is 64.7 cm³/mol. The molecule has 2 aromatic rings. The molecule has 0 bridgehead atoms. The zero-order valence-corrected chi connectivity index (χ0v) is 10.0. The number of carboxylic acid groups (broad SMARTS) is 1. The Balaban J connectivity index is 2.41. The van der Waals surface area contributed by atoms with Crippen molar-refractivity contribution in [1.82, 2.24) is 4.98 Å². The first-order valence-electron chi connectivity index (χ1n) is 5.05. The normalized spacial score (nSPS) is 11.9. The van der Waals surface area contributed by atoms with Crippen molar-refractivity contribution < 1.29 is 9.90 Å². The zero-order chi connectivity index (χ0) is 11.8. The molecule has 4 heteroatoms. The number of hydrogen-bond acceptors (Lipinski definition) is 3. The molecule has 0 saturated carbocycles. The minimum atomic E-state index is -0.778. The Morgan fingerprint density at radius 1 is 1.50 bits per heavy atom. The average molecular weight is 235 g/mol. The second-order valence-electron chi connectivity index (χ2n) is 4.48. The third-order valence-corrected chi connectivity index (χ3v) is 3.45. The van der Waals surface area contributed by atoms with E-state index in [1.54, 1.807) is 30.7 Å². The fourth-order valence-corrected chi connectivity index (χ4v) is 2.36. The number of rotatable bonds is 3. The fraction of sp³-hybridized carbons (Fsp3) is 0.333. The van der Waals surface area contributed by atoms with E-state index in [1.165, 1.54) is 0 Å². The third-order valence-electron chi connectivity index (χ3n) is 2.66. The highest BCUT2D eigenvalue weighted by atomic mass is 32.1. The van der Waals surface area contributed by atoms with Gasteiger partial charge in [0, 0.05) is 0 Å². The standard InChI is InChI=1S/C12H13NO2S/c1-12(2,11(14)15)6-8-4-3-5-9-10(8)13-7-16-9/h3-5,7H,6H2,1-2H3,(H,14,15). The van der Waals surface area contributed by atoms with Gasteiger partial charge in [-0.15, -0.1) is 11.3 Å². The third kappa shape index (κ3) is 1.93. The van der Waals surface area contributed by atoms with Crippen molar-refractivity contribution in [1.29, 1.82) is 0 Å². The number of carbonyl (C=O) groups is 1. The molecule has 2 rings (SSSR count). The van der Waals surface area contributed by atoms with Crippen LogP contribution in [0.25, 0.3) is 10.2 Å². The molecule has 0 atom stereocenters. The maximum atomic E-state index is 11.1. The molecular formula is C12H13NO2S. The summed E-state index contributed by atoms with van der Waals surface area (Å²) in [4.78, 5) is 15.4. The monoisotopic (exact) mass is 235 g/mol. The molecule has 0 fully saturated rings. The Hall–Kier alpha value is -1.42. The fourth-order valence-electron chi connectivity index (χ4n) is 1.64. The minimum Gasteiger partial charge on any atom is -0.481 e. The van der Waals surface area contributed by atoms with Gasteiger partial charge in [-0.1, -0.05) is 12.1 Å². The van der Waals surface area contributed by atoms with Gasteiger partial charge in [0.1, 0.15) is 0 Å². The molecule has 0 aliphatic rings. The van der Waals surface area contributed by atoms with E-state index in [0.29, 0.717) is 6.42 Å². The molecule has 0 saturated heterocycles. The molecule has 16 heavy (non-hydrogen) atoms. The van der Waals surface area contributed by atoms with E-state index in [4.69, 9.17) is 5.11 Å². The van der Waals surface area contributed by atoms with Crippen LogP contribution in [0.3, 0.4) is 0 Å². The summed E-state index contributed by atoms with van der Waals surface area (Å²) in [5.41, 5.74) is 2.98. The molecule has 0 unspecified atom stereocenters. The van der Waals surface area contributed by atoms with E-state index in [0.717, 1.165) is 15.8 Å². The number of carboxylic acids is 1. The second-order valence-corrected chi connectivity index (χ2v) is 5.37. The van der Waals surface area contributed by atoms with Crippen LogP contribution in [0.5, 0.6) is 0 Å².